The Bertz CT molecular complexity index is 675. The summed E-state index contributed by atoms with van der Waals surface area (Å²) in [6.45, 7) is 0.687. The van der Waals surface area contributed by atoms with Crippen LogP contribution in [0.1, 0.15) is 23.5 Å². The Morgan fingerprint density at radius 1 is 1.12 bits per heavy atom. The summed E-state index contributed by atoms with van der Waals surface area (Å²) in [5, 5.41) is 6.86. The molecule has 2 N–H and O–H groups in total. The third kappa shape index (κ3) is 4.63. The van der Waals surface area contributed by atoms with Gasteiger partial charge in [0.15, 0.2) is 5.96 Å². The van der Waals surface area contributed by atoms with Gasteiger partial charge in [0.25, 0.3) is 0 Å². The summed E-state index contributed by atoms with van der Waals surface area (Å²) in [6.07, 6.45) is 1.15. The van der Waals surface area contributed by atoms with E-state index in [1.54, 1.807) is 14.2 Å². The van der Waals surface area contributed by atoms with E-state index >= 15 is 0 Å². The van der Waals surface area contributed by atoms with Crippen LogP contribution in [0.5, 0.6) is 5.75 Å². The number of para-hydroxylation sites is 1. The SMILES string of the molecule is CN=C(NCc1ccccc1OC)NC1CC1c1ccccc1.I. The summed E-state index contributed by atoms with van der Waals surface area (Å²) >= 11 is 0. The lowest BCUT2D eigenvalue weighted by molar-refractivity contribution is 0.409. The highest BCUT2D eigenvalue weighted by molar-refractivity contribution is 14.0. The molecule has 24 heavy (non-hydrogen) atoms. The van der Waals surface area contributed by atoms with Crippen molar-refractivity contribution in [1.29, 1.82) is 0 Å². The van der Waals surface area contributed by atoms with Gasteiger partial charge in [-0.05, 0) is 18.1 Å². The third-order valence-electron chi connectivity index (χ3n) is 4.20. The van der Waals surface area contributed by atoms with Gasteiger partial charge in [-0.2, -0.15) is 0 Å². The third-order valence-corrected chi connectivity index (χ3v) is 4.20. The van der Waals surface area contributed by atoms with Crippen LogP contribution < -0.4 is 15.4 Å². The van der Waals surface area contributed by atoms with Crippen LogP contribution in [-0.4, -0.2) is 26.2 Å². The summed E-state index contributed by atoms with van der Waals surface area (Å²) in [5.41, 5.74) is 2.51. The minimum Gasteiger partial charge on any atom is -0.496 e. The second-order valence-corrected chi connectivity index (χ2v) is 5.74. The van der Waals surface area contributed by atoms with Crippen LogP contribution in [0.25, 0.3) is 0 Å². The van der Waals surface area contributed by atoms with Crippen LogP contribution in [0.15, 0.2) is 59.6 Å². The number of aliphatic imine (C=N–C) groups is 1. The lowest BCUT2D eigenvalue weighted by Gasteiger charge is -2.13. The molecule has 0 aromatic heterocycles. The number of rotatable bonds is 5. The fraction of sp³-hybridized carbons (Fsp3) is 0.316. The molecule has 1 aliphatic carbocycles. The van der Waals surface area contributed by atoms with Crippen molar-refractivity contribution in [1.82, 2.24) is 10.6 Å². The first-order valence-corrected chi connectivity index (χ1v) is 7.96. The summed E-state index contributed by atoms with van der Waals surface area (Å²) in [6, 6.07) is 19.1. The van der Waals surface area contributed by atoms with Gasteiger partial charge in [-0.25, -0.2) is 0 Å². The molecule has 2 atom stereocenters. The molecule has 0 spiro atoms. The van der Waals surface area contributed by atoms with Gasteiger partial charge in [-0.15, -0.1) is 24.0 Å². The van der Waals surface area contributed by atoms with Gasteiger partial charge in [0.05, 0.1) is 7.11 Å². The van der Waals surface area contributed by atoms with Crippen LogP contribution in [0.2, 0.25) is 0 Å². The fourth-order valence-corrected chi connectivity index (χ4v) is 2.82. The minimum absolute atomic E-state index is 0. The molecule has 1 aliphatic rings. The van der Waals surface area contributed by atoms with Gasteiger partial charge in [0.1, 0.15) is 5.75 Å². The minimum atomic E-state index is 0. The zero-order valence-electron chi connectivity index (χ0n) is 14.0. The lowest BCUT2D eigenvalue weighted by Crippen LogP contribution is -2.38. The van der Waals surface area contributed by atoms with Crippen LogP contribution in [0, 0.1) is 0 Å². The summed E-state index contributed by atoms with van der Waals surface area (Å²) in [4.78, 5) is 4.32. The highest BCUT2D eigenvalue weighted by Gasteiger charge is 2.38. The molecular formula is C19H24IN3O. The first-order chi connectivity index (χ1) is 11.3. The molecular weight excluding hydrogens is 413 g/mol. The normalized spacial score (nSPS) is 19.2. The molecule has 0 bridgehead atoms. The van der Waals surface area contributed by atoms with E-state index in [9.17, 15) is 0 Å². The van der Waals surface area contributed by atoms with Gasteiger partial charge < -0.3 is 15.4 Å². The highest BCUT2D eigenvalue weighted by atomic mass is 127. The van der Waals surface area contributed by atoms with Crippen molar-refractivity contribution < 1.29 is 4.74 Å². The van der Waals surface area contributed by atoms with Crippen LogP contribution in [0.3, 0.4) is 0 Å². The highest BCUT2D eigenvalue weighted by Crippen LogP contribution is 2.40. The van der Waals surface area contributed by atoms with E-state index in [2.05, 4.69) is 52.0 Å². The van der Waals surface area contributed by atoms with Crippen LogP contribution >= 0.6 is 24.0 Å². The lowest BCUT2D eigenvalue weighted by atomic mass is 10.1. The van der Waals surface area contributed by atoms with Crippen LogP contribution in [0.4, 0.5) is 0 Å². The van der Waals surface area contributed by atoms with Gasteiger partial charge in [0, 0.05) is 31.1 Å². The number of guanidine groups is 1. The number of hydrogen-bond donors (Lipinski definition) is 2. The zero-order chi connectivity index (χ0) is 16.1. The van der Waals surface area contributed by atoms with Crippen molar-refractivity contribution >= 4 is 29.9 Å². The first kappa shape index (κ1) is 18.6. The van der Waals surface area contributed by atoms with E-state index in [1.165, 1.54) is 5.56 Å². The molecule has 2 aromatic rings. The van der Waals surface area contributed by atoms with Gasteiger partial charge >= 0.3 is 0 Å². The molecule has 0 heterocycles. The first-order valence-electron chi connectivity index (χ1n) is 7.96. The molecule has 0 amide bonds. The number of nitrogens with zero attached hydrogens (tertiary/aromatic N) is 1. The molecule has 1 fully saturated rings. The second-order valence-electron chi connectivity index (χ2n) is 5.74. The van der Waals surface area contributed by atoms with E-state index < -0.39 is 0 Å². The van der Waals surface area contributed by atoms with Crippen molar-refractivity contribution in [3.63, 3.8) is 0 Å². The average molecular weight is 437 g/mol. The van der Waals surface area contributed by atoms with E-state index in [0.717, 1.165) is 23.7 Å². The van der Waals surface area contributed by atoms with Gasteiger partial charge in [0.2, 0.25) is 0 Å². The molecule has 1 saturated carbocycles. The maximum atomic E-state index is 5.38. The number of ether oxygens (including phenoxy) is 1. The number of methoxy groups -OCH3 is 1. The Morgan fingerprint density at radius 2 is 1.83 bits per heavy atom. The Labute approximate surface area is 160 Å². The van der Waals surface area contributed by atoms with Crippen molar-refractivity contribution in [2.45, 2.75) is 24.9 Å². The number of halogens is 1. The van der Waals surface area contributed by atoms with E-state index in [-0.39, 0.29) is 24.0 Å². The molecule has 2 aromatic carbocycles. The maximum absolute atomic E-state index is 5.38. The predicted molar refractivity (Wildman–Crippen MR) is 109 cm³/mol. The maximum Gasteiger partial charge on any atom is 0.191 e. The molecule has 3 rings (SSSR count). The molecule has 2 unspecified atom stereocenters. The quantitative estimate of drug-likeness (QED) is 0.428. The molecule has 128 valence electrons. The Hall–Kier alpha value is -1.76. The molecule has 0 saturated heterocycles. The number of benzene rings is 2. The zero-order valence-corrected chi connectivity index (χ0v) is 16.4. The van der Waals surface area contributed by atoms with Crippen molar-refractivity contribution in [3.05, 3.63) is 65.7 Å². The Kier molecular flexibility index (Phi) is 6.90. The second kappa shape index (κ2) is 8.92. The topological polar surface area (TPSA) is 45.7 Å². The standard InChI is InChI=1S/C19H23N3O.HI/c1-20-19(21-13-15-10-6-7-11-18(15)23-2)22-17-12-16(17)14-8-4-3-5-9-14;/h3-11,16-17H,12-13H2,1-2H3,(H2,20,21,22);1H. The van der Waals surface area contributed by atoms with Gasteiger partial charge in [-0.3, -0.25) is 4.99 Å². The molecule has 4 nitrogen and oxygen atoms in total. The average Bonchev–Trinajstić information content (AvgIpc) is 3.39. The molecule has 0 aliphatic heterocycles. The fourth-order valence-electron chi connectivity index (χ4n) is 2.82. The molecule has 5 heteroatoms. The Morgan fingerprint density at radius 3 is 2.54 bits per heavy atom. The molecule has 0 radical (unpaired) electrons. The summed E-state index contributed by atoms with van der Waals surface area (Å²) in [7, 11) is 3.50. The van der Waals surface area contributed by atoms with Crippen molar-refractivity contribution in [2.75, 3.05) is 14.2 Å². The summed E-state index contributed by atoms with van der Waals surface area (Å²) < 4.78 is 5.38. The van der Waals surface area contributed by atoms with Crippen molar-refractivity contribution in [2.24, 2.45) is 4.99 Å². The monoisotopic (exact) mass is 437 g/mol. The van der Waals surface area contributed by atoms with Gasteiger partial charge in [-0.1, -0.05) is 48.5 Å². The van der Waals surface area contributed by atoms with Crippen molar-refractivity contribution in [3.8, 4) is 5.75 Å². The summed E-state index contributed by atoms with van der Waals surface area (Å²) in [5.74, 6) is 2.31. The number of hydrogen-bond acceptors (Lipinski definition) is 2. The van der Waals surface area contributed by atoms with E-state index in [4.69, 9.17) is 4.74 Å². The smallest absolute Gasteiger partial charge is 0.191 e. The van der Waals surface area contributed by atoms with E-state index in [1.807, 2.05) is 18.2 Å². The predicted octanol–water partition coefficient (Wildman–Crippen LogP) is 3.53. The largest absolute Gasteiger partial charge is 0.496 e. The van der Waals surface area contributed by atoms with E-state index in [0.29, 0.717) is 18.5 Å². The Balaban J connectivity index is 0.00000208. The van der Waals surface area contributed by atoms with Crippen LogP contribution in [-0.2, 0) is 6.54 Å². The number of nitrogens with one attached hydrogen (secondary N) is 2.